The van der Waals surface area contributed by atoms with Gasteiger partial charge in [0.05, 0.1) is 11.4 Å². The van der Waals surface area contributed by atoms with Crippen LogP contribution in [0.15, 0.2) is 97.1 Å². The molecule has 0 bridgehead atoms. The highest BCUT2D eigenvalue weighted by Crippen LogP contribution is 2.29. The number of Topliss-reactive ketones (excluding diaryl/α,β-unsaturated/α-hetero) is 1. The molecule has 0 amide bonds. The van der Waals surface area contributed by atoms with Crippen molar-refractivity contribution in [1.82, 2.24) is 5.01 Å². The number of benzene rings is 3. The number of hydrazine groups is 1. The molecule has 3 heteroatoms. The molecule has 0 fully saturated rings. The first-order valence-electron chi connectivity index (χ1n) is 9.25. The summed E-state index contributed by atoms with van der Waals surface area (Å²) in [6.07, 6.45) is 2.91. The predicted molar refractivity (Wildman–Crippen MR) is 110 cm³/mol. The Hall–Kier alpha value is -3.33. The lowest BCUT2D eigenvalue weighted by Crippen LogP contribution is -2.39. The average Bonchev–Trinajstić information content (AvgIpc) is 2.75. The average molecular weight is 354 g/mol. The molecule has 4 rings (SSSR count). The summed E-state index contributed by atoms with van der Waals surface area (Å²) in [6.45, 7) is 0.628. The van der Waals surface area contributed by atoms with Gasteiger partial charge in [0.2, 0.25) is 0 Å². The summed E-state index contributed by atoms with van der Waals surface area (Å²) in [5, 5.41) is 2.10. The molecule has 3 aromatic carbocycles. The Bertz CT molecular complexity index is 920. The van der Waals surface area contributed by atoms with Crippen molar-refractivity contribution in [3.05, 3.63) is 108 Å². The van der Waals surface area contributed by atoms with Gasteiger partial charge in [-0.25, -0.2) is 0 Å². The Kier molecular flexibility index (Phi) is 5.01. The van der Waals surface area contributed by atoms with E-state index in [4.69, 9.17) is 0 Å². The number of para-hydroxylation sites is 1. The van der Waals surface area contributed by atoms with Crippen LogP contribution in [0.3, 0.4) is 0 Å². The van der Waals surface area contributed by atoms with E-state index in [0.29, 0.717) is 6.54 Å². The summed E-state index contributed by atoms with van der Waals surface area (Å²) in [5.74, 6) is 0.120. The SMILES string of the molecule is O=C(c1ccccc1)C1CC=C(c2ccccc2)N(Nc2ccccc2)C1. The van der Waals surface area contributed by atoms with Gasteiger partial charge >= 0.3 is 0 Å². The van der Waals surface area contributed by atoms with Gasteiger partial charge in [0, 0.05) is 18.0 Å². The normalized spacial score (nSPS) is 16.5. The van der Waals surface area contributed by atoms with Crippen molar-refractivity contribution in [3.8, 4) is 0 Å². The van der Waals surface area contributed by atoms with Gasteiger partial charge in [-0.3, -0.25) is 15.2 Å². The van der Waals surface area contributed by atoms with E-state index in [2.05, 4.69) is 28.6 Å². The Morgan fingerprint density at radius 3 is 2.07 bits per heavy atom. The van der Waals surface area contributed by atoms with Gasteiger partial charge in [0.15, 0.2) is 5.78 Å². The summed E-state index contributed by atoms with van der Waals surface area (Å²) < 4.78 is 0. The molecule has 1 aliphatic rings. The van der Waals surface area contributed by atoms with Crippen molar-refractivity contribution in [2.75, 3.05) is 12.0 Å². The summed E-state index contributed by atoms with van der Waals surface area (Å²) in [6, 6.07) is 29.9. The molecule has 0 aliphatic carbocycles. The van der Waals surface area contributed by atoms with Crippen LogP contribution in [0.1, 0.15) is 22.3 Å². The fourth-order valence-corrected chi connectivity index (χ4v) is 3.44. The molecule has 1 N–H and O–H groups in total. The quantitative estimate of drug-likeness (QED) is 0.634. The van der Waals surface area contributed by atoms with Crippen LogP contribution in [0.25, 0.3) is 5.70 Å². The second-order valence-corrected chi connectivity index (χ2v) is 6.71. The second-order valence-electron chi connectivity index (χ2n) is 6.71. The van der Waals surface area contributed by atoms with E-state index in [1.165, 1.54) is 0 Å². The van der Waals surface area contributed by atoms with E-state index >= 15 is 0 Å². The lowest BCUT2D eigenvalue weighted by Gasteiger charge is -2.35. The van der Waals surface area contributed by atoms with E-state index in [0.717, 1.165) is 28.9 Å². The first-order valence-corrected chi connectivity index (χ1v) is 9.25. The van der Waals surface area contributed by atoms with E-state index < -0.39 is 0 Å². The molecule has 3 nitrogen and oxygen atoms in total. The third-order valence-electron chi connectivity index (χ3n) is 4.83. The Balaban J connectivity index is 1.62. The van der Waals surface area contributed by atoms with Crippen molar-refractivity contribution in [3.63, 3.8) is 0 Å². The Morgan fingerprint density at radius 1 is 0.815 bits per heavy atom. The van der Waals surface area contributed by atoms with Gasteiger partial charge in [-0.05, 0) is 24.1 Å². The third kappa shape index (κ3) is 3.93. The second kappa shape index (κ2) is 7.92. The van der Waals surface area contributed by atoms with Crippen LogP contribution in [-0.2, 0) is 0 Å². The highest BCUT2D eigenvalue weighted by molar-refractivity contribution is 5.98. The smallest absolute Gasteiger partial charge is 0.168 e. The van der Waals surface area contributed by atoms with Crippen LogP contribution in [0.2, 0.25) is 0 Å². The van der Waals surface area contributed by atoms with Gasteiger partial charge in [0.1, 0.15) is 0 Å². The standard InChI is InChI=1S/C24H22N2O/c27-24(20-12-6-2-7-13-20)21-16-17-23(19-10-4-1-5-11-19)26(18-21)25-22-14-8-3-9-15-22/h1-15,17,21,25H,16,18H2. The molecule has 1 heterocycles. The van der Waals surface area contributed by atoms with Crippen LogP contribution in [0.4, 0.5) is 5.69 Å². The third-order valence-corrected chi connectivity index (χ3v) is 4.83. The molecule has 1 unspecified atom stereocenters. The van der Waals surface area contributed by atoms with Gasteiger partial charge in [-0.15, -0.1) is 0 Å². The highest BCUT2D eigenvalue weighted by atomic mass is 16.1. The van der Waals surface area contributed by atoms with Crippen molar-refractivity contribution in [2.45, 2.75) is 6.42 Å². The number of carbonyl (C=O) groups excluding carboxylic acids is 1. The van der Waals surface area contributed by atoms with E-state index in [-0.39, 0.29) is 11.7 Å². The zero-order valence-corrected chi connectivity index (χ0v) is 15.1. The van der Waals surface area contributed by atoms with Crippen molar-refractivity contribution in [1.29, 1.82) is 0 Å². The molecule has 0 saturated heterocycles. The Labute approximate surface area is 159 Å². The number of ketones is 1. The zero-order valence-electron chi connectivity index (χ0n) is 15.1. The highest BCUT2D eigenvalue weighted by Gasteiger charge is 2.28. The van der Waals surface area contributed by atoms with Crippen molar-refractivity contribution >= 4 is 17.2 Å². The first-order chi connectivity index (χ1) is 13.3. The molecule has 0 saturated carbocycles. The molecule has 0 radical (unpaired) electrons. The number of nitrogens with zero attached hydrogens (tertiary/aromatic N) is 1. The lowest BCUT2D eigenvalue weighted by atomic mass is 9.90. The van der Waals surface area contributed by atoms with Gasteiger partial charge in [-0.2, -0.15) is 0 Å². The fourth-order valence-electron chi connectivity index (χ4n) is 3.44. The number of rotatable bonds is 5. The molecular weight excluding hydrogens is 332 g/mol. The maximum atomic E-state index is 13.0. The minimum absolute atomic E-state index is 0.0731. The number of hydrogen-bond acceptors (Lipinski definition) is 3. The molecule has 27 heavy (non-hydrogen) atoms. The van der Waals surface area contributed by atoms with Crippen LogP contribution in [0, 0.1) is 5.92 Å². The number of carbonyl (C=O) groups is 1. The van der Waals surface area contributed by atoms with E-state index in [9.17, 15) is 4.79 Å². The number of nitrogens with one attached hydrogen (secondary N) is 1. The summed E-state index contributed by atoms with van der Waals surface area (Å²) >= 11 is 0. The maximum absolute atomic E-state index is 13.0. The molecular formula is C24H22N2O. The number of anilines is 1. The number of hydrogen-bond donors (Lipinski definition) is 1. The first kappa shape index (κ1) is 17.1. The molecule has 0 aromatic heterocycles. The van der Waals surface area contributed by atoms with Crippen LogP contribution in [0.5, 0.6) is 0 Å². The molecule has 1 atom stereocenters. The topological polar surface area (TPSA) is 32.3 Å². The van der Waals surface area contributed by atoms with Crippen molar-refractivity contribution in [2.24, 2.45) is 5.92 Å². The van der Waals surface area contributed by atoms with Crippen LogP contribution < -0.4 is 5.43 Å². The predicted octanol–water partition coefficient (Wildman–Crippen LogP) is 5.26. The molecule has 1 aliphatic heterocycles. The van der Waals surface area contributed by atoms with Gasteiger partial charge in [-0.1, -0.05) is 84.9 Å². The van der Waals surface area contributed by atoms with Gasteiger partial charge < -0.3 is 0 Å². The molecule has 134 valence electrons. The van der Waals surface area contributed by atoms with Crippen molar-refractivity contribution < 1.29 is 4.79 Å². The monoisotopic (exact) mass is 354 g/mol. The Morgan fingerprint density at radius 2 is 1.41 bits per heavy atom. The summed E-state index contributed by atoms with van der Waals surface area (Å²) in [7, 11) is 0. The van der Waals surface area contributed by atoms with Crippen LogP contribution >= 0.6 is 0 Å². The van der Waals surface area contributed by atoms with Crippen LogP contribution in [-0.4, -0.2) is 17.3 Å². The van der Waals surface area contributed by atoms with E-state index in [1.54, 1.807) is 0 Å². The largest absolute Gasteiger partial charge is 0.298 e. The maximum Gasteiger partial charge on any atom is 0.168 e. The summed E-state index contributed by atoms with van der Waals surface area (Å²) in [5.41, 5.74) is 7.51. The summed E-state index contributed by atoms with van der Waals surface area (Å²) in [4.78, 5) is 13.0. The minimum Gasteiger partial charge on any atom is -0.298 e. The number of allylic oxidation sites excluding steroid dienone is 1. The minimum atomic E-state index is -0.0731. The molecule has 0 spiro atoms. The van der Waals surface area contributed by atoms with E-state index in [1.807, 2.05) is 78.9 Å². The lowest BCUT2D eigenvalue weighted by molar-refractivity contribution is 0.0900. The fraction of sp³-hybridized carbons (Fsp3) is 0.125. The zero-order chi connectivity index (χ0) is 18.5. The van der Waals surface area contributed by atoms with Gasteiger partial charge in [0.25, 0.3) is 0 Å². The molecule has 3 aromatic rings.